The third kappa shape index (κ3) is 5.12. The lowest BCUT2D eigenvalue weighted by Gasteiger charge is -2.11. The van der Waals surface area contributed by atoms with E-state index < -0.39 is 5.97 Å². The molecule has 0 unspecified atom stereocenters. The molecule has 5 heteroatoms. The molecule has 2 rings (SSSR count). The maximum atomic E-state index is 12.0. The van der Waals surface area contributed by atoms with Gasteiger partial charge in [0.15, 0.2) is 0 Å². The predicted octanol–water partition coefficient (Wildman–Crippen LogP) is 3.54. The molecule has 0 bridgehead atoms. The molecule has 2 aromatic carbocycles. The van der Waals surface area contributed by atoms with Crippen LogP contribution >= 0.6 is 0 Å². The number of para-hydroxylation sites is 1. The van der Waals surface area contributed by atoms with Gasteiger partial charge in [0.05, 0.1) is 17.9 Å². The molecular formula is C19H22N2O3. The van der Waals surface area contributed by atoms with E-state index in [1.807, 2.05) is 25.1 Å². The van der Waals surface area contributed by atoms with Crippen molar-refractivity contribution in [3.05, 3.63) is 65.2 Å². The van der Waals surface area contributed by atoms with E-state index in [2.05, 4.69) is 16.7 Å². The van der Waals surface area contributed by atoms with E-state index in [4.69, 9.17) is 4.74 Å². The molecule has 2 aromatic rings. The zero-order valence-electron chi connectivity index (χ0n) is 14.0. The first-order valence-corrected chi connectivity index (χ1v) is 7.96. The maximum absolute atomic E-state index is 12.0. The Morgan fingerprint density at radius 3 is 2.62 bits per heavy atom. The Hall–Kier alpha value is -2.82. The number of ether oxygens (including phenoxy) is 1. The smallest absolute Gasteiger partial charge is 0.340 e. The van der Waals surface area contributed by atoms with Crippen LogP contribution in [0.15, 0.2) is 48.5 Å². The summed E-state index contributed by atoms with van der Waals surface area (Å²) in [5.74, 6) is -0.451. The molecule has 0 spiro atoms. The van der Waals surface area contributed by atoms with Crippen molar-refractivity contribution in [3.8, 4) is 0 Å². The van der Waals surface area contributed by atoms with Crippen LogP contribution in [0.1, 0.15) is 28.4 Å². The fourth-order valence-electron chi connectivity index (χ4n) is 2.33. The number of hydrogen-bond acceptors (Lipinski definition) is 3. The molecule has 0 saturated carbocycles. The number of anilines is 1. The Balaban J connectivity index is 1.89. The number of rotatable bonds is 6. The summed E-state index contributed by atoms with van der Waals surface area (Å²) >= 11 is 0. The number of carbonyl (C=O) groups is 2. The molecule has 0 heterocycles. The van der Waals surface area contributed by atoms with Gasteiger partial charge in [-0.3, -0.25) is 0 Å². The number of esters is 1. The molecule has 126 valence electrons. The number of aryl methyl sites for hydroxylation is 1. The van der Waals surface area contributed by atoms with Crippen molar-refractivity contribution in [2.45, 2.75) is 20.3 Å². The van der Waals surface area contributed by atoms with E-state index in [1.165, 1.54) is 11.1 Å². The van der Waals surface area contributed by atoms with Crippen LogP contribution in [0, 0.1) is 6.92 Å². The Kier molecular flexibility index (Phi) is 6.37. The van der Waals surface area contributed by atoms with Crippen molar-refractivity contribution in [1.29, 1.82) is 0 Å². The first kappa shape index (κ1) is 17.5. The summed E-state index contributed by atoms with van der Waals surface area (Å²) in [6, 6.07) is 14.6. The minimum atomic E-state index is -0.451. The average Bonchev–Trinajstić information content (AvgIpc) is 2.55. The molecule has 0 aliphatic rings. The maximum Gasteiger partial charge on any atom is 0.340 e. The summed E-state index contributed by atoms with van der Waals surface area (Å²) in [5, 5.41) is 5.49. The highest BCUT2D eigenvalue weighted by Crippen LogP contribution is 2.16. The number of urea groups is 1. The SMILES string of the molecule is CCOC(=O)c1ccccc1NC(=O)NCCc1cccc(C)c1. The number of nitrogens with one attached hydrogen (secondary N) is 2. The lowest BCUT2D eigenvalue weighted by molar-refractivity contribution is 0.0527. The zero-order chi connectivity index (χ0) is 17.4. The van der Waals surface area contributed by atoms with Gasteiger partial charge < -0.3 is 15.4 Å². The molecule has 5 nitrogen and oxygen atoms in total. The van der Waals surface area contributed by atoms with Gasteiger partial charge in [-0.25, -0.2) is 9.59 Å². The van der Waals surface area contributed by atoms with E-state index in [1.54, 1.807) is 31.2 Å². The van der Waals surface area contributed by atoms with Crippen LogP contribution in [0.25, 0.3) is 0 Å². The van der Waals surface area contributed by atoms with E-state index in [-0.39, 0.29) is 12.6 Å². The van der Waals surface area contributed by atoms with Crippen molar-refractivity contribution >= 4 is 17.7 Å². The summed E-state index contributed by atoms with van der Waals surface area (Å²) in [6.07, 6.45) is 0.745. The Bertz CT molecular complexity index is 713. The predicted molar refractivity (Wildman–Crippen MR) is 94.3 cm³/mol. The van der Waals surface area contributed by atoms with Crippen LogP contribution in [0.4, 0.5) is 10.5 Å². The standard InChI is InChI=1S/C19H22N2O3/c1-3-24-18(22)16-9-4-5-10-17(16)21-19(23)20-12-11-15-8-6-7-14(2)13-15/h4-10,13H,3,11-12H2,1-2H3,(H2,20,21,23). The van der Waals surface area contributed by atoms with E-state index in [0.717, 1.165) is 6.42 Å². The van der Waals surface area contributed by atoms with Crippen molar-refractivity contribution < 1.29 is 14.3 Å². The number of amides is 2. The van der Waals surface area contributed by atoms with Crippen LogP contribution in [0.5, 0.6) is 0 Å². The lowest BCUT2D eigenvalue weighted by Crippen LogP contribution is -2.31. The third-order valence-corrected chi connectivity index (χ3v) is 3.45. The quantitative estimate of drug-likeness (QED) is 0.798. The van der Waals surface area contributed by atoms with Crippen LogP contribution in [0.2, 0.25) is 0 Å². The monoisotopic (exact) mass is 326 g/mol. The summed E-state index contributed by atoms with van der Waals surface area (Å²) in [7, 11) is 0. The largest absolute Gasteiger partial charge is 0.462 e. The molecule has 0 atom stereocenters. The van der Waals surface area contributed by atoms with Gasteiger partial charge in [-0.15, -0.1) is 0 Å². The van der Waals surface area contributed by atoms with Crippen molar-refractivity contribution in [3.63, 3.8) is 0 Å². The molecule has 0 aromatic heterocycles. The Morgan fingerprint density at radius 1 is 1.08 bits per heavy atom. The molecule has 0 fully saturated rings. The fraction of sp³-hybridized carbons (Fsp3) is 0.263. The third-order valence-electron chi connectivity index (χ3n) is 3.45. The van der Waals surface area contributed by atoms with E-state index in [0.29, 0.717) is 17.8 Å². The molecule has 2 amide bonds. The number of benzene rings is 2. The van der Waals surface area contributed by atoms with Gasteiger partial charge in [-0.2, -0.15) is 0 Å². The van der Waals surface area contributed by atoms with Gasteiger partial charge in [0, 0.05) is 6.54 Å². The minimum absolute atomic E-state index is 0.288. The van der Waals surface area contributed by atoms with E-state index >= 15 is 0 Å². The second kappa shape index (κ2) is 8.72. The minimum Gasteiger partial charge on any atom is -0.462 e. The van der Waals surface area contributed by atoms with Crippen molar-refractivity contribution in [2.75, 3.05) is 18.5 Å². The first-order valence-electron chi connectivity index (χ1n) is 7.96. The summed E-state index contributed by atoms with van der Waals surface area (Å²) < 4.78 is 4.99. The summed E-state index contributed by atoms with van der Waals surface area (Å²) in [6.45, 7) is 4.58. The Morgan fingerprint density at radius 2 is 1.88 bits per heavy atom. The van der Waals surface area contributed by atoms with Gasteiger partial charge in [0.25, 0.3) is 0 Å². The van der Waals surface area contributed by atoms with E-state index in [9.17, 15) is 9.59 Å². The summed E-state index contributed by atoms with van der Waals surface area (Å²) in [4.78, 5) is 23.9. The lowest BCUT2D eigenvalue weighted by atomic mass is 10.1. The molecule has 0 saturated heterocycles. The topological polar surface area (TPSA) is 67.4 Å². The fourth-order valence-corrected chi connectivity index (χ4v) is 2.33. The second-order valence-electron chi connectivity index (χ2n) is 5.39. The second-order valence-corrected chi connectivity index (χ2v) is 5.39. The van der Waals surface area contributed by atoms with Crippen LogP contribution in [-0.2, 0) is 11.2 Å². The van der Waals surface area contributed by atoms with Gasteiger partial charge in [0.2, 0.25) is 0 Å². The normalized spacial score (nSPS) is 10.1. The average molecular weight is 326 g/mol. The molecule has 0 aliphatic carbocycles. The molecule has 24 heavy (non-hydrogen) atoms. The Labute approximate surface area is 142 Å². The van der Waals surface area contributed by atoms with Crippen LogP contribution < -0.4 is 10.6 Å². The van der Waals surface area contributed by atoms with Gasteiger partial charge in [0.1, 0.15) is 0 Å². The zero-order valence-corrected chi connectivity index (χ0v) is 14.0. The molecular weight excluding hydrogens is 304 g/mol. The first-order chi connectivity index (χ1) is 11.6. The van der Waals surface area contributed by atoms with Gasteiger partial charge >= 0.3 is 12.0 Å². The molecule has 0 aliphatic heterocycles. The number of hydrogen-bond donors (Lipinski definition) is 2. The highest BCUT2D eigenvalue weighted by atomic mass is 16.5. The highest BCUT2D eigenvalue weighted by Gasteiger charge is 2.13. The van der Waals surface area contributed by atoms with Crippen molar-refractivity contribution in [2.24, 2.45) is 0 Å². The molecule has 2 N–H and O–H groups in total. The van der Waals surface area contributed by atoms with Gasteiger partial charge in [-0.1, -0.05) is 42.0 Å². The number of carbonyl (C=O) groups excluding carboxylic acids is 2. The van der Waals surface area contributed by atoms with Gasteiger partial charge in [-0.05, 0) is 38.0 Å². The molecule has 0 radical (unpaired) electrons. The summed E-state index contributed by atoms with van der Waals surface area (Å²) in [5.41, 5.74) is 3.14. The van der Waals surface area contributed by atoms with Crippen LogP contribution in [-0.4, -0.2) is 25.2 Å². The van der Waals surface area contributed by atoms with Crippen LogP contribution in [0.3, 0.4) is 0 Å². The highest BCUT2D eigenvalue weighted by molar-refractivity contribution is 6.00. The van der Waals surface area contributed by atoms with Crippen molar-refractivity contribution in [1.82, 2.24) is 5.32 Å².